The van der Waals surface area contributed by atoms with E-state index in [4.69, 9.17) is 10.2 Å². The topological polar surface area (TPSA) is 59.5 Å². The van der Waals surface area contributed by atoms with E-state index in [1.807, 2.05) is 0 Å². The molecule has 4 nitrogen and oxygen atoms in total. The third kappa shape index (κ3) is 2.69. The highest BCUT2D eigenvalue weighted by Crippen LogP contribution is 2.26. The van der Waals surface area contributed by atoms with Crippen molar-refractivity contribution in [2.75, 3.05) is 19.6 Å². The highest BCUT2D eigenvalue weighted by molar-refractivity contribution is 5.92. The smallest absolute Gasteiger partial charge is 0.289 e. The van der Waals surface area contributed by atoms with Gasteiger partial charge in [0, 0.05) is 13.1 Å². The molecule has 1 amide bonds. The lowest BCUT2D eigenvalue weighted by atomic mass is 10.1. The van der Waals surface area contributed by atoms with Crippen LogP contribution < -0.4 is 5.73 Å². The van der Waals surface area contributed by atoms with E-state index in [1.165, 1.54) is 6.07 Å². The maximum absolute atomic E-state index is 13.7. The second-order valence-electron chi connectivity index (χ2n) is 5.29. The van der Waals surface area contributed by atoms with Gasteiger partial charge in [-0.2, -0.15) is 0 Å². The Morgan fingerprint density at radius 1 is 1.33 bits per heavy atom. The first-order valence-corrected chi connectivity index (χ1v) is 7.03. The number of hydrogen-bond donors (Lipinski definition) is 1. The Morgan fingerprint density at radius 3 is 2.86 bits per heavy atom. The summed E-state index contributed by atoms with van der Waals surface area (Å²) in [6, 6.07) is 9.57. The third-order valence-electron chi connectivity index (χ3n) is 3.86. The van der Waals surface area contributed by atoms with E-state index >= 15 is 0 Å². The molecule has 1 unspecified atom stereocenters. The minimum atomic E-state index is -0.366. The molecule has 2 N–H and O–H groups in total. The van der Waals surface area contributed by atoms with Crippen LogP contribution in [-0.2, 0) is 0 Å². The lowest BCUT2D eigenvalue weighted by Crippen LogP contribution is -2.29. The number of rotatable bonds is 3. The van der Waals surface area contributed by atoms with Crippen molar-refractivity contribution in [3.8, 4) is 11.3 Å². The highest BCUT2D eigenvalue weighted by Gasteiger charge is 2.27. The van der Waals surface area contributed by atoms with Crippen molar-refractivity contribution in [1.29, 1.82) is 0 Å². The molecule has 1 atom stereocenters. The number of nitrogens with two attached hydrogens (primary N) is 1. The van der Waals surface area contributed by atoms with Crippen molar-refractivity contribution < 1.29 is 13.6 Å². The zero-order chi connectivity index (χ0) is 14.8. The summed E-state index contributed by atoms with van der Waals surface area (Å²) in [6.45, 7) is 1.93. The highest BCUT2D eigenvalue weighted by atomic mass is 19.1. The van der Waals surface area contributed by atoms with Crippen LogP contribution in [0.1, 0.15) is 17.0 Å². The number of benzene rings is 1. The molecule has 110 valence electrons. The SMILES string of the molecule is NCC1CCN(C(=O)c2ccc(-c3ccccc3F)o2)C1. The van der Waals surface area contributed by atoms with E-state index < -0.39 is 0 Å². The molecule has 0 aliphatic carbocycles. The summed E-state index contributed by atoms with van der Waals surface area (Å²) in [5.74, 6) is 0.440. The van der Waals surface area contributed by atoms with Crippen LogP contribution in [0.5, 0.6) is 0 Å². The fourth-order valence-electron chi connectivity index (χ4n) is 2.62. The molecule has 0 bridgehead atoms. The van der Waals surface area contributed by atoms with Crippen LogP contribution >= 0.6 is 0 Å². The minimum Gasteiger partial charge on any atom is -0.451 e. The second kappa shape index (κ2) is 5.69. The number of hydrogen-bond acceptors (Lipinski definition) is 3. The van der Waals surface area contributed by atoms with Gasteiger partial charge in [-0.25, -0.2) is 4.39 Å². The van der Waals surface area contributed by atoms with Crippen molar-refractivity contribution in [3.63, 3.8) is 0 Å². The quantitative estimate of drug-likeness (QED) is 0.944. The maximum Gasteiger partial charge on any atom is 0.289 e. The summed E-state index contributed by atoms with van der Waals surface area (Å²) in [5, 5.41) is 0. The van der Waals surface area contributed by atoms with Crippen LogP contribution in [0.2, 0.25) is 0 Å². The fourth-order valence-corrected chi connectivity index (χ4v) is 2.62. The molecule has 2 heterocycles. The monoisotopic (exact) mass is 288 g/mol. The van der Waals surface area contributed by atoms with Crippen LogP contribution in [0.3, 0.4) is 0 Å². The Balaban J connectivity index is 1.79. The van der Waals surface area contributed by atoms with Gasteiger partial charge in [0.1, 0.15) is 11.6 Å². The Kier molecular flexibility index (Phi) is 3.75. The number of furan rings is 1. The Bertz CT molecular complexity index is 653. The molecule has 1 saturated heterocycles. The molecule has 1 aromatic heterocycles. The third-order valence-corrected chi connectivity index (χ3v) is 3.86. The van der Waals surface area contributed by atoms with Crippen LogP contribution in [0, 0.1) is 11.7 Å². The van der Waals surface area contributed by atoms with Gasteiger partial charge >= 0.3 is 0 Å². The molecule has 0 spiro atoms. The summed E-state index contributed by atoms with van der Waals surface area (Å²) in [7, 11) is 0. The Hall–Kier alpha value is -2.14. The van der Waals surface area contributed by atoms with Crippen molar-refractivity contribution >= 4 is 5.91 Å². The number of carbonyl (C=O) groups excluding carboxylic acids is 1. The Morgan fingerprint density at radius 2 is 2.14 bits per heavy atom. The van der Waals surface area contributed by atoms with Crippen molar-refractivity contribution in [2.45, 2.75) is 6.42 Å². The normalized spacial score (nSPS) is 18.2. The van der Waals surface area contributed by atoms with Crippen molar-refractivity contribution in [2.24, 2.45) is 11.7 Å². The van der Waals surface area contributed by atoms with Crippen LogP contribution in [-0.4, -0.2) is 30.4 Å². The molecule has 1 aliphatic heterocycles. The van der Waals surface area contributed by atoms with Crippen LogP contribution in [0.25, 0.3) is 11.3 Å². The first kappa shape index (κ1) is 13.8. The predicted molar refractivity (Wildman–Crippen MR) is 77.2 cm³/mol. The molecule has 0 saturated carbocycles. The number of halogens is 1. The molecule has 0 radical (unpaired) electrons. The molecule has 5 heteroatoms. The fraction of sp³-hybridized carbons (Fsp3) is 0.312. The zero-order valence-corrected chi connectivity index (χ0v) is 11.6. The summed E-state index contributed by atoms with van der Waals surface area (Å²) in [6.07, 6.45) is 0.920. The first-order chi connectivity index (χ1) is 10.2. The number of nitrogens with zero attached hydrogens (tertiary/aromatic N) is 1. The van der Waals surface area contributed by atoms with Gasteiger partial charge in [-0.1, -0.05) is 12.1 Å². The van der Waals surface area contributed by atoms with Gasteiger partial charge < -0.3 is 15.1 Å². The number of likely N-dealkylation sites (tertiary alicyclic amines) is 1. The summed E-state index contributed by atoms with van der Waals surface area (Å²) >= 11 is 0. The van der Waals surface area contributed by atoms with Crippen LogP contribution in [0.15, 0.2) is 40.8 Å². The molecular weight excluding hydrogens is 271 g/mol. The minimum absolute atomic E-state index is 0.159. The second-order valence-corrected chi connectivity index (χ2v) is 5.29. The Labute approximate surface area is 122 Å². The van der Waals surface area contributed by atoms with Crippen LogP contribution in [0.4, 0.5) is 4.39 Å². The molecule has 1 aromatic carbocycles. The molecular formula is C16H17FN2O2. The predicted octanol–water partition coefficient (Wildman–Crippen LogP) is 2.51. The van der Waals surface area contributed by atoms with E-state index in [1.54, 1.807) is 35.2 Å². The van der Waals surface area contributed by atoms with E-state index in [9.17, 15) is 9.18 Å². The summed E-state index contributed by atoms with van der Waals surface area (Å²) < 4.78 is 19.2. The van der Waals surface area contributed by atoms with Gasteiger partial charge in [-0.05, 0) is 43.1 Å². The van der Waals surface area contributed by atoms with Gasteiger partial charge in [0.05, 0.1) is 5.56 Å². The molecule has 2 aromatic rings. The lowest BCUT2D eigenvalue weighted by molar-refractivity contribution is 0.0757. The van der Waals surface area contributed by atoms with E-state index in [2.05, 4.69) is 0 Å². The van der Waals surface area contributed by atoms with Gasteiger partial charge in [0.2, 0.25) is 0 Å². The summed E-state index contributed by atoms with van der Waals surface area (Å²) in [4.78, 5) is 14.1. The molecule has 1 aliphatic rings. The van der Waals surface area contributed by atoms with Gasteiger partial charge in [0.25, 0.3) is 5.91 Å². The molecule has 1 fully saturated rings. The van der Waals surface area contributed by atoms with E-state index in [-0.39, 0.29) is 17.5 Å². The van der Waals surface area contributed by atoms with Crippen molar-refractivity contribution in [1.82, 2.24) is 4.90 Å². The standard InChI is InChI=1S/C16H17FN2O2/c17-13-4-2-1-3-12(13)14-5-6-15(21-14)16(20)19-8-7-11(9-18)10-19/h1-6,11H,7-10,18H2. The zero-order valence-electron chi connectivity index (χ0n) is 11.6. The van der Waals surface area contributed by atoms with E-state index in [0.717, 1.165) is 6.42 Å². The number of amides is 1. The maximum atomic E-state index is 13.7. The molecule has 21 heavy (non-hydrogen) atoms. The van der Waals surface area contributed by atoms with Crippen molar-refractivity contribution in [3.05, 3.63) is 48.0 Å². The average Bonchev–Trinajstić information content (AvgIpc) is 3.16. The van der Waals surface area contributed by atoms with Gasteiger partial charge in [0.15, 0.2) is 5.76 Å². The van der Waals surface area contributed by atoms with Gasteiger partial charge in [-0.15, -0.1) is 0 Å². The van der Waals surface area contributed by atoms with E-state index in [0.29, 0.717) is 36.9 Å². The molecule has 3 rings (SSSR count). The van der Waals surface area contributed by atoms with Gasteiger partial charge in [-0.3, -0.25) is 4.79 Å². The lowest BCUT2D eigenvalue weighted by Gasteiger charge is -2.14. The summed E-state index contributed by atoms with van der Waals surface area (Å²) in [5.41, 5.74) is 5.99. The first-order valence-electron chi connectivity index (χ1n) is 7.03. The average molecular weight is 288 g/mol. The number of carbonyl (C=O) groups is 1. The largest absolute Gasteiger partial charge is 0.451 e.